The summed E-state index contributed by atoms with van der Waals surface area (Å²) < 4.78 is 31.7. The molecule has 1 fully saturated rings. The van der Waals surface area contributed by atoms with Crippen molar-refractivity contribution in [2.24, 2.45) is 5.73 Å². The zero-order valence-electron chi connectivity index (χ0n) is 10.1. The molecule has 5 nitrogen and oxygen atoms in total. The van der Waals surface area contributed by atoms with Crippen LogP contribution in [-0.4, -0.2) is 26.9 Å². The van der Waals surface area contributed by atoms with Crippen molar-refractivity contribution in [3.63, 3.8) is 0 Å². The molecule has 1 saturated heterocycles. The van der Waals surface area contributed by atoms with Crippen LogP contribution in [0.25, 0.3) is 0 Å². The third kappa shape index (κ3) is 3.69. The fourth-order valence-corrected chi connectivity index (χ4v) is 3.28. The first-order valence-corrected chi connectivity index (χ1v) is 7.65. The number of benzene rings is 1. The minimum absolute atomic E-state index is 0.0195. The molecular weight excluding hydrogens is 252 g/mol. The summed E-state index contributed by atoms with van der Waals surface area (Å²) in [6.45, 7) is 1.11. The van der Waals surface area contributed by atoms with Crippen molar-refractivity contribution in [2.45, 2.75) is 25.5 Å². The summed E-state index contributed by atoms with van der Waals surface area (Å²) in [7, 11) is -3.34. The van der Waals surface area contributed by atoms with Gasteiger partial charge in [-0.2, -0.15) is 0 Å². The van der Waals surface area contributed by atoms with E-state index in [4.69, 9.17) is 10.5 Å². The molecule has 6 heteroatoms. The van der Waals surface area contributed by atoms with Crippen LogP contribution >= 0.6 is 0 Å². The molecule has 1 aliphatic rings. The molecule has 2 rings (SSSR count). The summed E-state index contributed by atoms with van der Waals surface area (Å²) in [5, 5.41) is 0. The number of rotatable bonds is 5. The lowest BCUT2D eigenvalue weighted by Crippen LogP contribution is -2.25. The number of sulfonamides is 1. The lowest BCUT2D eigenvalue weighted by Gasteiger charge is -2.12. The van der Waals surface area contributed by atoms with Gasteiger partial charge in [0.2, 0.25) is 10.0 Å². The van der Waals surface area contributed by atoms with E-state index in [1.165, 1.54) is 0 Å². The molecule has 18 heavy (non-hydrogen) atoms. The van der Waals surface area contributed by atoms with E-state index in [1.54, 1.807) is 12.1 Å². The van der Waals surface area contributed by atoms with Crippen molar-refractivity contribution in [3.05, 3.63) is 29.8 Å². The lowest BCUT2D eigenvalue weighted by atomic mass is 10.2. The van der Waals surface area contributed by atoms with E-state index < -0.39 is 10.0 Å². The Labute approximate surface area is 107 Å². The molecule has 0 bridgehead atoms. The first-order chi connectivity index (χ1) is 8.59. The van der Waals surface area contributed by atoms with Crippen LogP contribution in [-0.2, 0) is 21.3 Å². The fourth-order valence-electron chi connectivity index (χ4n) is 1.95. The van der Waals surface area contributed by atoms with Crippen LogP contribution in [0.2, 0.25) is 0 Å². The summed E-state index contributed by atoms with van der Waals surface area (Å²) in [6, 6.07) is 7.05. The van der Waals surface area contributed by atoms with Crippen molar-refractivity contribution in [2.75, 3.05) is 17.1 Å². The maximum atomic E-state index is 11.9. The van der Waals surface area contributed by atoms with E-state index in [2.05, 4.69) is 4.72 Å². The quantitative estimate of drug-likeness (QED) is 0.838. The molecule has 1 aromatic rings. The van der Waals surface area contributed by atoms with Gasteiger partial charge in [0, 0.05) is 18.8 Å². The van der Waals surface area contributed by atoms with Gasteiger partial charge in [-0.25, -0.2) is 8.42 Å². The molecule has 0 saturated carbocycles. The van der Waals surface area contributed by atoms with Gasteiger partial charge in [0.05, 0.1) is 11.9 Å². The summed E-state index contributed by atoms with van der Waals surface area (Å²) in [4.78, 5) is 0. The third-order valence-corrected chi connectivity index (χ3v) is 4.25. The SMILES string of the molecule is NCc1ccc(NS(=O)(=O)CC2CCCO2)cc1. The highest BCUT2D eigenvalue weighted by Crippen LogP contribution is 2.16. The van der Waals surface area contributed by atoms with Crippen LogP contribution in [0.1, 0.15) is 18.4 Å². The topological polar surface area (TPSA) is 81.4 Å². The Morgan fingerprint density at radius 2 is 2.06 bits per heavy atom. The van der Waals surface area contributed by atoms with Gasteiger partial charge in [0.1, 0.15) is 0 Å². The first-order valence-electron chi connectivity index (χ1n) is 6.00. The number of hydrogen-bond donors (Lipinski definition) is 2. The highest BCUT2D eigenvalue weighted by molar-refractivity contribution is 7.92. The van der Waals surface area contributed by atoms with Crippen molar-refractivity contribution in [3.8, 4) is 0 Å². The molecule has 1 heterocycles. The van der Waals surface area contributed by atoms with Gasteiger partial charge in [-0.1, -0.05) is 12.1 Å². The van der Waals surface area contributed by atoms with Gasteiger partial charge in [0.25, 0.3) is 0 Å². The number of hydrogen-bond acceptors (Lipinski definition) is 4. The maximum absolute atomic E-state index is 11.9. The van der Waals surface area contributed by atoms with E-state index in [0.29, 0.717) is 18.8 Å². The van der Waals surface area contributed by atoms with Gasteiger partial charge in [0.15, 0.2) is 0 Å². The largest absolute Gasteiger partial charge is 0.377 e. The Hall–Kier alpha value is -1.11. The normalized spacial score (nSPS) is 19.9. The molecule has 0 aliphatic carbocycles. The van der Waals surface area contributed by atoms with E-state index in [1.807, 2.05) is 12.1 Å². The average molecular weight is 270 g/mol. The summed E-state index contributed by atoms with van der Waals surface area (Å²) in [5.74, 6) is 0.0195. The Balaban J connectivity index is 1.97. The Kier molecular flexibility index (Phi) is 4.21. The number of anilines is 1. The van der Waals surface area contributed by atoms with Crippen molar-refractivity contribution < 1.29 is 13.2 Å². The van der Waals surface area contributed by atoms with Crippen LogP contribution < -0.4 is 10.5 Å². The zero-order chi connectivity index (χ0) is 13.0. The van der Waals surface area contributed by atoms with Gasteiger partial charge >= 0.3 is 0 Å². The van der Waals surface area contributed by atoms with Crippen LogP contribution in [0.3, 0.4) is 0 Å². The molecule has 100 valence electrons. The predicted molar refractivity (Wildman–Crippen MR) is 70.7 cm³/mol. The molecule has 1 unspecified atom stereocenters. The smallest absolute Gasteiger partial charge is 0.235 e. The van der Waals surface area contributed by atoms with Crippen LogP contribution in [0.4, 0.5) is 5.69 Å². The second-order valence-electron chi connectivity index (χ2n) is 4.42. The first kappa shape index (κ1) is 13.3. The minimum atomic E-state index is -3.34. The van der Waals surface area contributed by atoms with E-state index >= 15 is 0 Å². The Morgan fingerprint density at radius 3 is 2.61 bits per heavy atom. The molecule has 1 atom stereocenters. The molecular formula is C12H18N2O3S. The molecule has 0 radical (unpaired) electrons. The monoisotopic (exact) mass is 270 g/mol. The van der Waals surface area contributed by atoms with Gasteiger partial charge in [-0.15, -0.1) is 0 Å². The number of nitrogens with two attached hydrogens (primary N) is 1. The minimum Gasteiger partial charge on any atom is -0.377 e. The predicted octanol–water partition coefficient (Wildman–Crippen LogP) is 1.07. The van der Waals surface area contributed by atoms with E-state index in [-0.39, 0.29) is 11.9 Å². The highest BCUT2D eigenvalue weighted by atomic mass is 32.2. The van der Waals surface area contributed by atoms with Gasteiger partial charge in [-0.3, -0.25) is 4.72 Å². The highest BCUT2D eigenvalue weighted by Gasteiger charge is 2.23. The standard InChI is InChI=1S/C12H18N2O3S/c13-8-10-3-5-11(6-4-10)14-18(15,16)9-12-2-1-7-17-12/h3-6,12,14H,1-2,7-9,13H2. The Bertz CT molecular complexity index is 479. The molecule has 0 spiro atoms. The fraction of sp³-hybridized carbons (Fsp3) is 0.500. The van der Waals surface area contributed by atoms with Crippen LogP contribution in [0, 0.1) is 0 Å². The van der Waals surface area contributed by atoms with Crippen LogP contribution in [0.5, 0.6) is 0 Å². The van der Waals surface area contributed by atoms with Gasteiger partial charge in [-0.05, 0) is 30.5 Å². The van der Waals surface area contributed by atoms with Crippen LogP contribution in [0.15, 0.2) is 24.3 Å². The molecule has 0 aromatic heterocycles. The zero-order valence-corrected chi connectivity index (χ0v) is 10.9. The van der Waals surface area contributed by atoms with E-state index in [0.717, 1.165) is 18.4 Å². The second-order valence-corrected chi connectivity index (χ2v) is 6.19. The average Bonchev–Trinajstić information content (AvgIpc) is 2.81. The van der Waals surface area contributed by atoms with Crippen molar-refractivity contribution in [1.29, 1.82) is 0 Å². The van der Waals surface area contributed by atoms with Crippen molar-refractivity contribution >= 4 is 15.7 Å². The maximum Gasteiger partial charge on any atom is 0.235 e. The molecule has 0 amide bonds. The van der Waals surface area contributed by atoms with Gasteiger partial charge < -0.3 is 10.5 Å². The summed E-state index contributed by atoms with van der Waals surface area (Å²) in [6.07, 6.45) is 1.57. The molecule has 1 aliphatic heterocycles. The molecule has 1 aromatic carbocycles. The lowest BCUT2D eigenvalue weighted by molar-refractivity contribution is 0.127. The summed E-state index contributed by atoms with van der Waals surface area (Å²) in [5.41, 5.74) is 7.01. The van der Waals surface area contributed by atoms with Crippen molar-refractivity contribution in [1.82, 2.24) is 0 Å². The van der Waals surface area contributed by atoms with E-state index in [9.17, 15) is 8.42 Å². The number of nitrogens with one attached hydrogen (secondary N) is 1. The summed E-state index contributed by atoms with van der Waals surface area (Å²) >= 11 is 0. The second kappa shape index (κ2) is 5.69. The molecule has 3 N–H and O–H groups in total. The number of ether oxygens (including phenoxy) is 1. The third-order valence-electron chi connectivity index (χ3n) is 2.89. The Morgan fingerprint density at radius 1 is 1.33 bits per heavy atom.